The molecular formula is C27H29N3O3. The number of carbonyl (C=O) groups excluding carboxylic acids is 2. The number of nitrogens with zero attached hydrogens (tertiary/aromatic N) is 1. The number of anilines is 1. The molecular weight excluding hydrogens is 414 g/mol. The summed E-state index contributed by atoms with van der Waals surface area (Å²) in [5.41, 5.74) is 8.53. The maximum absolute atomic E-state index is 12.9. The third-order valence-electron chi connectivity index (χ3n) is 5.97. The number of hydrogen-bond acceptors (Lipinski definition) is 4. The molecule has 2 aromatic carbocycles. The zero-order chi connectivity index (χ0) is 23.5. The number of nitrogens with one attached hydrogen (secondary N) is 2. The Kier molecular flexibility index (Phi) is 6.45. The molecule has 0 saturated heterocycles. The summed E-state index contributed by atoms with van der Waals surface area (Å²) in [7, 11) is 0. The molecule has 0 aliphatic heterocycles. The molecule has 2 N–H and O–H groups in total. The number of furan rings is 1. The summed E-state index contributed by atoms with van der Waals surface area (Å²) in [5.74, 6) is 0.897. The van der Waals surface area contributed by atoms with Crippen LogP contribution in [0.25, 0.3) is 0 Å². The quantitative estimate of drug-likeness (QED) is 0.493. The first-order chi connectivity index (χ1) is 15.8. The monoisotopic (exact) mass is 443 g/mol. The van der Waals surface area contributed by atoms with E-state index in [1.807, 2.05) is 50.2 Å². The molecule has 1 heterocycles. The van der Waals surface area contributed by atoms with Crippen molar-refractivity contribution in [3.05, 3.63) is 87.9 Å². The van der Waals surface area contributed by atoms with Crippen LogP contribution in [0.15, 0.2) is 58.0 Å². The Balaban J connectivity index is 1.53. The van der Waals surface area contributed by atoms with Crippen LogP contribution in [0.5, 0.6) is 0 Å². The number of amides is 2. The van der Waals surface area contributed by atoms with Gasteiger partial charge >= 0.3 is 0 Å². The number of carbonyl (C=O) groups is 2. The van der Waals surface area contributed by atoms with Gasteiger partial charge in [-0.05, 0) is 62.4 Å². The zero-order valence-electron chi connectivity index (χ0n) is 19.5. The second-order valence-electron chi connectivity index (χ2n) is 8.80. The lowest BCUT2D eigenvalue weighted by molar-refractivity contribution is 0.0953. The molecule has 6 heteroatoms. The summed E-state index contributed by atoms with van der Waals surface area (Å²) >= 11 is 0. The molecule has 6 nitrogen and oxygen atoms in total. The van der Waals surface area contributed by atoms with Gasteiger partial charge in [-0.1, -0.05) is 43.7 Å². The Morgan fingerprint density at radius 2 is 1.64 bits per heavy atom. The summed E-state index contributed by atoms with van der Waals surface area (Å²) < 4.78 is 5.96. The molecule has 0 saturated carbocycles. The van der Waals surface area contributed by atoms with Gasteiger partial charge in [0, 0.05) is 28.8 Å². The average molecular weight is 444 g/mol. The van der Waals surface area contributed by atoms with E-state index in [0.29, 0.717) is 17.9 Å². The average Bonchev–Trinajstić information content (AvgIpc) is 3.15. The smallest absolute Gasteiger partial charge is 0.291 e. The second kappa shape index (κ2) is 9.45. The van der Waals surface area contributed by atoms with Crippen molar-refractivity contribution in [2.75, 3.05) is 5.32 Å². The van der Waals surface area contributed by atoms with Crippen LogP contribution < -0.4 is 10.7 Å². The topological polar surface area (TPSA) is 83.7 Å². The maximum Gasteiger partial charge on any atom is 0.291 e. The molecule has 3 aromatic rings. The van der Waals surface area contributed by atoms with Crippen LogP contribution >= 0.6 is 0 Å². The molecule has 1 aliphatic rings. The maximum atomic E-state index is 12.9. The highest BCUT2D eigenvalue weighted by Crippen LogP contribution is 2.30. The third kappa shape index (κ3) is 4.90. The van der Waals surface area contributed by atoms with Crippen LogP contribution in [0, 0.1) is 13.8 Å². The molecule has 0 bridgehead atoms. The van der Waals surface area contributed by atoms with E-state index in [-0.39, 0.29) is 17.6 Å². The van der Waals surface area contributed by atoms with Crippen LogP contribution in [0.1, 0.15) is 81.5 Å². The van der Waals surface area contributed by atoms with E-state index in [9.17, 15) is 9.59 Å². The summed E-state index contributed by atoms with van der Waals surface area (Å²) in [6, 6.07) is 15.2. The first kappa shape index (κ1) is 22.5. The molecule has 170 valence electrons. The zero-order valence-corrected chi connectivity index (χ0v) is 19.5. The Labute approximate surface area is 194 Å². The highest BCUT2D eigenvalue weighted by molar-refractivity contribution is 6.09. The van der Waals surface area contributed by atoms with E-state index >= 15 is 0 Å². The summed E-state index contributed by atoms with van der Waals surface area (Å²) in [4.78, 5) is 25.4. The molecule has 0 fully saturated rings. The van der Waals surface area contributed by atoms with Crippen molar-refractivity contribution < 1.29 is 14.0 Å². The first-order valence-electron chi connectivity index (χ1n) is 11.3. The minimum absolute atomic E-state index is 0.265. The predicted octanol–water partition coefficient (Wildman–Crippen LogP) is 5.74. The number of fused-ring (bicyclic) bond motifs is 1. The molecule has 33 heavy (non-hydrogen) atoms. The van der Waals surface area contributed by atoms with Crippen LogP contribution in [-0.2, 0) is 6.42 Å². The van der Waals surface area contributed by atoms with E-state index in [2.05, 4.69) is 29.7 Å². The Bertz CT molecular complexity index is 1200. The van der Waals surface area contributed by atoms with Crippen molar-refractivity contribution >= 4 is 23.2 Å². The third-order valence-corrected chi connectivity index (χ3v) is 5.97. The van der Waals surface area contributed by atoms with E-state index in [4.69, 9.17) is 4.42 Å². The summed E-state index contributed by atoms with van der Waals surface area (Å²) in [6.45, 7) is 8.10. The van der Waals surface area contributed by atoms with Gasteiger partial charge < -0.3 is 9.73 Å². The molecule has 0 spiro atoms. The van der Waals surface area contributed by atoms with Crippen molar-refractivity contribution in [1.82, 2.24) is 5.43 Å². The van der Waals surface area contributed by atoms with E-state index in [1.54, 1.807) is 12.1 Å². The molecule has 0 radical (unpaired) electrons. The van der Waals surface area contributed by atoms with Crippen molar-refractivity contribution in [2.24, 2.45) is 5.10 Å². The number of hydrazone groups is 1. The van der Waals surface area contributed by atoms with Gasteiger partial charge in [0.1, 0.15) is 5.76 Å². The van der Waals surface area contributed by atoms with Crippen LogP contribution in [-0.4, -0.2) is 17.5 Å². The van der Waals surface area contributed by atoms with E-state index in [1.165, 1.54) is 5.56 Å². The molecule has 0 atom stereocenters. The normalized spacial score (nSPS) is 14.3. The molecule has 1 aliphatic carbocycles. The van der Waals surface area contributed by atoms with Crippen LogP contribution in [0.3, 0.4) is 0 Å². The minimum atomic E-state index is -0.290. The van der Waals surface area contributed by atoms with Gasteiger partial charge in [0.25, 0.3) is 11.8 Å². The van der Waals surface area contributed by atoms with Gasteiger partial charge in [-0.2, -0.15) is 5.10 Å². The lowest BCUT2D eigenvalue weighted by Gasteiger charge is -2.13. The van der Waals surface area contributed by atoms with Crippen molar-refractivity contribution in [2.45, 2.75) is 52.9 Å². The standard InChI is InChI=1S/C27H29N3O3/c1-16(2)19-12-14-21(15-13-19)28-27(32)25-18(4)24-22(6-5-7-23(24)33-25)29-30-26(31)20-10-8-17(3)9-11-20/h8-16H,5-7H2,1-4H3,(H,28,32)(H,30,31)/b29-22+. The number of hydrogen-bond donors (Lipinski definition) is 2. The fraction of sp³-hybridized carbons (Fsp3) is 0.296. The lowest BCUT2D eigenvalue weighted by Crippen LogP contribution is -2.22. The van der Waals surface area contributed by atoms with Gasteiger partial charge in [-0.15, -0.1) is 0 Å². The van der Waals surface area contributed by atoms with Gasteiger partial charge in [0.2, 0.25) is 0 Å². The highest BCUT2D eigenvalue weighted by atomic mass is 16.4. The molecule has 4 rings (SSSR count). The van der Waals surface area contributed by atoms with Crippen molar-refractivity contribution in [3.63, 3.8) is 0 Å². The number of benzene rings is 2. The molecule has 1 aromatic heterocycles. The van der Waals surface area contributed by atoms with Gasteiger partial charge in [-0.25, -0.2) is 5.43 Å². The summed E-state index contributed by atoms with van der Waals surface area (Å²) in [6.07, 6.45) is 2.29. The largest absolute Gasteiger partial charge is 0.455 e. The Hall–Kier alpha value is -3.67. The molecule has 0 unspecified atom stereocenters. The van der Waals surface area contributed by atoms with Crippen molar-refractivity contribution in [1.29, 1.82) is 0 Å². The SMILES string of the molecule is Cc1ccc(C(=O)N/N=C2\CCCc3oc(C(=O)Nc4ccc(C(C)C)cc4)c(C)c32)cc1. The number of aryl methyl sites for hydroxylation is 2. The minimum Gasteiger partial charge on any atom is -0.455 e. The highest BCUT2D eigenvalue weighted by Gasteiger charge is 2.28. The van der Waals surface area contributed by atoms with Gasteiger partial charge in [0.15, 0.2) is 5.76 Å². The summed E-state index contributed by atoms with van der Waals surface area (Å²) in [5, 5.41) is 7.32. The van der Waals surface area contributed by atoms with E-state index < -0.39 is 0 Å². The van der Waals surface area contributed by atoms with Crippen molar-refractivity contribution in [3.8, 4) is 0 Å². The van der Waals surface area contributed by atoms with E-state index in [0.717, 1.165) is 46.7 Å². The Morgan fingerprint density at radius 3 is 2.30 bits per heavy atom. The second-order valence-corrected chi connectivity index (χ2v) is 8.80. The Morgan fingerprint density at radius 1 is 0.939 bits per heavy atom. The van der Waals surface area contributed by atoms with Crippen LogP contribution in [0.4, 0.5) is 5.69 Å². The predicted molar refractivity (Wildman–Crippen MR) is 130 cm³/mol. The van der Waals surface area contributed by atoms with Gasteiger partial charge in [0.05, 0.1) is 5.71 Å². The lowest BCUT2D eigenvalue weighted by atomic mass is 9.93. The fourth-order valence-corrected chi connectivity index (χ4v) is 4.02. The first-order valence-corrected chi connectivity index (χ1v) is 11.3. The number of rotatable bonds is 5. The fourth-order valence-electron chi connectivity index (χ4n) is 4.02. The molecule has 2 amide bonds. The van der Waals surface area contributed by atoms with Crippen LogP contribution in [0.2, 0.25) is 0 Å². The van der Waals surface area contributed by atoms with Gasteiger partial charge in [-0.3, -0.25) is 9.59 Å².